The molecule has 1 rings (SSSR count). The number of hydrogen-bond donors (Lipinski definition) is 0. The molecule has 0 aliphatic carbocycles. The van der Waals surface area contributed by atoms with Crippen LogP contribution in [0.2, 0.25) is 0 Å². The fourth-order valence-corrected chi connectivity index (χ4v) is 2.01. The highest BCUT2D eigenvalue weighted by Crippen LogP contribution is 2.16. The van der Waals surface area contributed by atoms with Crippen LogP contribution in [-0.2, 0) is 4.84 Å². The molecule has 5 heteroatoms. The maximum atomic E-state index is 12.1. The van der Waals surface area contributed by atoms with E-state index in [1.807, 2.05) is 37.9 Å². The summed E-state index contributed by atoms with van der Waals surface area (Å²) < 4.78 is 0. The fourth-order valence-electron chi connectivity index (χ4n) is 2.01. The van der Waals surface area contributed by atoms with Crippen molar-refractivity contribution in [3.8, 4) is 0 Å². The molecular weight excluding hydrogens is 218 g/mol. The molecule has 0 radical (unpaired) electrons. The number of piperidine rings is 1. The summed E-state index contributed by atoms with van der Waals surface area (Å²) in [6.45, 7) is 5.69. The summed E-state index contributed by atoms with van der Waals surface area (Å²) >= 11 is 0. The minimum atomic E-state index is 0.138. The van der Waals surface area contributed by atoms with Gasteiger partial charge in [0.05, 0.1) is 7.11 Å². The molecule has 0 spiro atoms. The highest BCUT2D eigenvalue weighted by atomic mass is 16.7. The first-order valence-corrected chi connectivity index (χ1v) is 6.26. The number of hydroxylamine groups is 2. The molecule has 0 unspecified atom stereocenters. The first-order valence-electron chi connectivity index (χ1n) is 6.26. The van der Waals surface area contributed by atoms with Gasteiger partial charge in [0.2, 0.25) is 0 Å². The van der Waals surface area contributed by atoms with Crippen molar-refractivity contribution < 1.29 is 9.63 Å². The Kier molecular flexibility index (Phi) is 5.21. The Hall–Kier alpha value is -0.810. The van der Waals surface area contributed by atoms with Crippen molar-refractivity contribution in [1.29, 1.82) is 0 Å². The average Bonchev–Trinajstić information content (AvgIpc) is 2.36. The van der Waals surface area contributed by atoms with Gasteiger partial charge < -0.3 is 14.6 Å². The zero-order chi connectivity index (χ0) is 13.0. The van der Waals surface area contributed by atoms with Gasteiger partial charge >= 0.3 is 6.03 Å². The number of urea groups is 1. The zero-order valence-corrected chi connectivity index (χ0v) is 11.6. The maximum absolute atomic E-state index is 12.1. The van der Waals surface area contributed by atoms with Gasteiger partial charge in [-0.3, -0.25) is 0 Å². The highest BCUT2D eigenvalue weighted by Gasteiger charge is 2.27. The Labute approximate surface area is 104 Å². The van der Waals surface area contributed by atoms with Gasteiger partial charge in [-0.1, -0.05) is 0 Å². The van der Waals surface area contributed by atoms with E-state index in [1.54, 1.807) is 12.0 Å². The largest absolute Gasteiger partial charge is 0.325 e. The van der Waals surface area contributed by atoms with Crippen LogP contribution in [0.1, 0.15) is 26.7 Å². The Morgan fingerprint density at radius 2 is 1.82 bits per heavy atom. The minimum Gasteiger partial charge on any atom is -0.325 e. The molecular formula is C12H25N3O2. The first-order chi connectivity index (χ1) is 7.97. The molecule has 0 saturated carbocycles. The van der Waals surface area contributed by atoms with Crippen LogP contribution in [0, 0.1) is 0 Å². The molecule has 0 aromatic carbocycles. The molecule has 0 atom stereocenters. The molecule has 1 saturated heterocycles. The lowest BCUT2D eigenvalue weighted by molar-refractivity contribution is -0.149. The second-order valence-corrected chi connectivity index (χ2v) is 4.93. The standard InChI is InChI=1S/C12H25N3O2/c1-10(2)13(3)12(16)15-8-6-11(7-9-15)14(4)17-5/h10-11H,6-9H2,1-5H3. The molecule has 0 aromatic rings. The average molecular weight is 243 g/mol. The molecule has 0 N–H and O–H groups in total. The zero-order valence-electron chi connectivity index (χ0n) is 11.6. The summed E-state index contributed by atoms with van der Waals surface area (Å²) in [5.74, 6) is 0. The molecule has 1 aliphatic rings. The van der Waals surface area contributed by atoms with E-state index in [9.17, 15) is 4.79 Å². The molecule has 17 heavy (non-hydrogen) atoms. The van der Waals surface area contributed by atoms with Crippen LogP contribution in [0.4, 0.5) is 4.79 Å². The van der Waals surface area contributed by atoms with E-state index >= 15 is 0 Å². The van der Waals surface area contributed by atoms with Gasteiger partial charge in [0, 0.05) is 39.3 Å². The van der Waals surface area contributed by atoms with Crippen LogP contribution >= 0.6 is 0 Å². The van der Waals surface area contributed by atoms with E-state index in [1.165, 1.54) is 0 Å². The van der Waals surface area contributed by atoms with Gasteiger partial charge in [0.25, 0.3) is 0 Å². The Morgan fingerprint density at radius 1 is 1.29 bits per heavy atom. The lowest BCUT2D eigenvalue weighted by Crippen LogP contribution is -2.50. The van der Waals surface area contributed by atoms with Crippen molar-refractivity contribution in [2.75, 3.05) is 34.3 Å². The number of nitrogens with zero attached hydrogens (tertiary/aromatic N) is 3. The van der Waals surface area contributed by atoms with Crippen molar-refractivity contribution in [1.82, 2.24) is 14.9 Å². The summed E-state index contributed by atoms with van der Waals surface area (Å²) in [6, 6.07) is 0.814. The predicted molar refractivity (Wildman–Crippen MR) is 67.7 cm³/mol. The van der Waals surface area contributed by atoms with Gasteiger partial charge in [-0.15, -0.1) is 0 Å². The van der Waals surface area contributed by atoms with E-state index in [4.69, 9.17) is 4.84 Å². The lowest BCUT2D eigenvalue weighted by Gasteiger charge is -2.38. The van der Waals surface area contributed by atoms with Crippen molar-refractivity contribution in [2.45, 2.75) is 38.8 Å². The molecule has 2 amide bonds. The van der Waals surface area contributed by atoms with Gasteiger partial charge in [0.1, 0.15) is 0 Å². The van der Waals surface area contributed by atoms with Crippen LogP contribution < -0.4 is 0 Å². The van der Waals surface area contributed by atoms with Gasteiger partial charge in [-0.05, 0) is 26.7 Å². The molecule has 100 valence electrons. The Morgan fingerprint density at radius 3 is 2.24 bits per heavy atom. The molecule has 1 fully saturated rings. The van der Waals surface area contributed by atoms with Crippen molar-refractivity contribution >= 4 is 6.03 Å². The number of rotatable bonds is 3. The monoisotopic (exact) mass is 243 g/mol. The van der Waals surface area contributed by atoms with Crippen molar-refractivity contribution in [2.24, 2.45) is 0 Å². The van der Waals surface area contributed by atoms with E-state index in [2.05, 4.69) is 0 Å². The van der Waals surface area contributed by atoms with Crippen molar-refractivity contribution in [3.63, 3.8) is 0 Å². The van der Waals surface area contributed by atoms with Gasteiger partial charge in [-0.2, -0.15) is 5.06 Å². The number of amides is 2. The van der Waals surface area contributed by atoms with Crippen LogP contribution in [0.3, 0.4) is 0 Å². The summed E-state index contributed by atoms with van der Waals surface area (Å²) in [6.07, 6.45) is 1.95. The number of likely N-dealkylation sites (tertiary alicyclic amines) is 1. The van der Waals surface area contributed by atoms with Gasteiger partial charge in [0.15, 0.2) is 0 Å². The quantitative estimate of drug-likeness (QED) is 0.703. The predicted octanol–water partition coefficient (Wildman–Crippen LogP) is 1.40. The third-order valence-corrected chi connectivity index (χ3v) is 3.61. The Balaban J connectivity index is 2.44. The van der Waals surface area contributed by atoms with Crippen LogP contribution in [-0.4, -0.2) is 67.3 Å². The van der Waals surface area contributed by atoms with Crippen molar-refractivity contribution in [3.05, 3.63) is 0 Å². The van der Waals surface area contributed by atoms with Crippen LogP contribution in [0.25, 0.3) is 0 Å². The molecule has 0 bridgehead atoms. The lowest BCUT2D eigenvalue weighted by atomic mass is 10.1. The van der Waals surface area contributed by atoms with Crippen LogP contribution in [0.15, 0.2) is 0 Å². The van der Waals surface area contributed by atoms with E-state index in [0.717, 1.165) is 25.9 Å². The van der Waals surface area contributed by atoms with E-state index in [0.29, 0.717) is 6.04 Å². The molecule has 0 aromatic heterocycles. The van der Waals surface area contributed by atoms with Crippen LogP contribution in [0.5, 0.6) is 0 Å². The summed E-state index contributed by atoms with van der Waals surface area (Å²) in [5.41, 5.74) is 0. The topological polar surface area (TPSA) is 36.0 Å². The fraction of sp³-hybridized carbons (Fsp3) is 0.917. The smallest absolute Gasteiger partial charge is 0.319 e. The summed E-state index contributed by atoms with van der Waals surface area (Å²) in [7, 11) is 5.49. The molecule has 5 nitrogen and oxygen atoms in total. The number of carbonyl (C=O) groups is 1. The maximum Gasteiger partial charge on any atom is 0.319 e. The summed E-state index contributed by atoms with van der Waals surface area (Å²) in [4.78, 5) is 21.0. The summed E-state index contributed by atoms with van der Waals surface area (Å²) in [5, 5.41) is 1.88. The molecule has 1 aliphatic heterocycles. The Bertz CT molecular complexity index is 250. The first kappa shape index (κ1) is 14.3. The highest BCUT2D eigenvalue weighted by molar-refractivity contribution is 5.74. The number of hydrogen-bond acceptors (Lipinski definition) is 3. The third-order valence-electron chi connectivity index (χ3n) is 3.61. The SMILES string of the molecule is CON(C)C1CCN(C(=O)N(C)C(C)C)CC1. The normalized spacial score (nSPS) is 17.9. The molecule has 1 heterocycles. The van der Waals surface area contributed by atoms with E-state index < -0.39 is 0 Å². The minimum absolute atomic E-state index is 0.138. The van der Waals surface area contributed by atoms with Gasteiger partial charge in [-0.25, -0.2) is 4.79 Å². The van der Waals surface area contributed by atoms with E-state index in [-0.39, 0.29) is 12.1 Å². The second-order valence-electron chi connectivity index (χ2n) is 4.93. The second kappa shape index (κ2) is 6.21. The third kappa shape index (κ3) is 3.57. The number of carbonyl (C=O) groups excluding carboxylic acids is 1.